The van der Waals surface area contributed by atoms with E-state index in [1.54, 1.807) is 0 Å². The number of aliphatic hydroxyl groups excluding tert-OH is 1. The number of nitrogens with one attached hydrogen (secondary N) is 1. The lowest BCUT2D eigenvalue weighted by atomic mass is 10.00. The van der Waals surface area contributed by atoms with Crippen LogP contribution in [0.1, 0.15) is 36.5 Å². The van der Waals surface area contributed by atoms with Crippen LogP contribution in [-0.4, -0.2) is 24.2 Å². The van der Waals surface area contributed by atoms with Crippen LogP contribution in [0.5, 0.6) is 0 Å². The summed E-state index contributed by atoms with van der Waals surface area (Å²) in [5.41, 5.74) is 5.73. The van der Waals surface area contributed by atoms with Gasteiger partial charge >= 0.3 is 0 Å². The van der Waals surface area contributed by atoms with Gasteiger partial charge in [0.15, 0.2) is 0 Å². The molecule has 5 heteroatoms. The summed E-state index contributed by atoms with van der Waals surface area (Å²) in [4.78, 5) is 11.9. The molecule has 4 N–H and O–H groups in total. The fraction of sp³-hybridized carbons (Fsp3) is 0.500. The smallest absolute Gasteiger partial charge is 0.251 e. The van der Waals surface area contributed by atoms with Gasteiger partial charge in [-0.15, -0.1) is 0 Å². The van der Waals surface area contributed by atoms with Gasteiger partial charge in [0.1, 0.15) is 5.82 Å². The molecule has 0 aromatic heterocycles. The molecule has 0 bridgehead atoms. The normalized spacial score (nSPS) is 12.2. The molecule has 1 amide bonds. The maximum Gasteiger partial charge on any atom is 0.251 e. The number of anilines is 1. The van der Waals surface area contributed by atoms with Crippen molar-refractivity contribution >= 4 is 11.6 Å². The van der Waals surface area contributed by atoms with Crippen LogP contribution in [0.4, 0.5) is 10.1 Å². The van der Waals surface area contributed by atoms with Crippen molar-refractivity contribution < 1.29 is 14.3 Å². The fourth-order valence-electron chi connectivity index (χ4n) is 1.96. The van der Waals surface area contributed by atoms with Crippen molar-refractivity contribution in [3.63, 3.8) is 0 Å². The Labute approximate surface area is 112 Å². The van der Waals surface area contributed by atoms with E-state index < -0.39 is 5.82 Å². The van der Waals surface area contributed by atoms with E-state index >= 15 is 0 Å². The van der Waals surface area contributed by atoms with Crippen molar-refractivity contribution in [1.29, 1.82) is 0 Å². The average Bonchev–Trinajstić information content (AvgIpc) is 2.39. The summed E-state index contributed by atoms with van der Waals surface area (Å²) in [6.07, 6.45) is 2.62. The quantitative estimate of drug-likeness (QED) is 0.661. The van der Waals surface area contributed by atoms with E-state index in [2.05, 4.69) is 12.2 Å². The van der Waals surface area contributed by atoms with Crippen molar-refractivity contribution in [2.75, 3.05) is 18.9 Å². The number of hydrogen-bond donors (Lipinski definition) is 3. The molecule has 0 aliphatic heterocycles. The molecule has 1 aromatic rings. The van der Waals surface area contributed by atoms with Gasteiger partial charge in [0.05, 0.1) is 5.69 Å². The van der Waals surface area contributed by atoms with E-state index in [1.807, 2.05) is 0 Å². The highest BCUT2D eigenvalue weighted by molar-refractivity contribution is 5.95. The molecule has 106 valence electrons. The molecule has 0 spiro atoms. The number of nitrogens with two attached hydrogens (primary N) is 1. The van der Waals surface area contributed by atoms with Crippen molar-refractivity contribution in [3.8, 4) is 0 Å². The van der Waals surface area contributed by atoms with Crippen LogP contribution in [0.3, 0.4) is 0 Å². The second-order valence-corrected chi connectivity index (χ2v) is 4.61. The maximum absolute atomic E-state index is 13.0. The highest BCUT2D eigenvalue weighted by atomic mass is 19.1. The average molecular weight is 268 g/mol. The van der Waals surface area contributed by atoms with E-state index in [-0.39, 0.29) is 24.1 Å². The zero-order chi connectivity index (χ0) is 14.3. The predicted octanol–water partition coefficient (Wildman–Crippen LogP) is 1.94. The topological polar surface area (TPSA) is 75.3 Å². The molecule has 0 saturated heterocycles. The summed E-state index contributed by atoms with van der Waals surface area (Å²) >= 11 is 0. The monoisotopic (exact) mass is 268 g/mol. The lowest BCUT2D eigenvalue weighted by Gasteiger charge is -2.15. The third kappa shape index (κ3) is 4.87. The summed E-state index contributed by atoms with van der Waals surface area (Å²) in [7, 11) is 0. The largest absolute Gasteiger partial charge is 0.396 e. The number of rotatable bonds is 7. The Morgan fingerprint density at radius 1 is 1.47 bits per heavy atom. The lowest BCUT2D eigenvalue weighted by molar-refractivity contribution is 0.0943. The fourth-order valence-corrected chi connectivity index (χ4v) is 1.96. The first-order valence-electron chi connectivity index (χ1n) is 6.52. The Balaban J connectivity index is 2.56. The standard InChI is InChI=1S/C14H21FN2O2/c1-2-3-10(6-7-18)9-17-14(19)11-4-5-12(15)13(16)8-11/h4-5,8,10,18H,2-3,6-7,9,16H2,1H3,(H,17,19). The van der Waals surface area contributed by atoms with Crippen molar-refractivity contribution in [3.05, 3.63) is 29.6 Å². The number of benzene rings is 1. The Hall–Kier alpha value is -1.62. The van der Waals surface area contributed by atoms with Gasteiger partial charge in [-0.05, 0) is 37.0 Å². The van der Waals surface area contributed by atoms with Crippen molar-refractivity contribution in [2.24, 2.45) is 5.92 Å². The van der Waals surface area contributed by atoms with Gasteiger partial charge in [-0.3, -0.25) is 4.79 Å². The van der Waals surface area contributed by atoms with Gasteiger partial charge in [-0.2, -0.15) is 0 Å². The third-order valence-corrected chi connectivity index (χ3v) is 3.04. The number of carbonyl (C=O) groups excluding carboxylic acids is 1. The molecular weight excluding hydrogens is 247 g/mol. The molecule has 1 atom stereocenters. The zero-order valence-corrected chi connectivity index (χ0v) is 11.2. The van der Waals surface area contributed by atoms with Crippen LogP contribution in [0.15, 0.2) is 18.2 Å². The third-order valence-electron chi connectivity index (χ3n) is 3.04. The molecule has 4 nitrogen and oxygen atoms in total. The van der Waals surface area contributed by atoms with Crippen molar-refractivity contribution in [1.82, 2.24) is 5.32 Å². The molecule has 0 radical (unpaired) electrons. The lowest BCUT2D eigenvalue weighted by Crippen LogP contribution is -2.29. The van der Waals surface area contributed by atoms with Gasteiger partial charge in [0.25, 0.3) is 5.91 Å². The minimum absolute atomic E-state index is 0.0342. The Morgan fingerprint density at radius 3 is 2.79 bits per heavy atom. The molecular formula is C14H21FN2O2. The second-order valence-electron chi connectivity index (χ2n) is 4.61. The van der Waals surface area contributed by atoms with Crippen LogP contribution in [0, 0.1) is 11.7 Å². The maximum atomic E-state index is 13.0. The van der Waals surface area contributed by atoms with E-state index in [0.29, 0.717) is 18.5 Å². The molecule has 1 unspecified atom stereocenters. The summed E-state index contributed by atoms with van der Waals surface area (Å²) in [5.74, 6) is -0.539. The molecule has 0 aliphatic carbocycles. The SMILES string of the molecule is CCCC(CCO)CNC(=O)c1ccc(F)c(N)c1. The Morgan fingerprint density at radius 2 is 2.21 bits per heavy atom. The first kappa shape index (κ1) is 15.4. The summed E-state index contributed by atoms with van der Waals surface area (Å²) in [6.45, 7) is 2.68. The minimum atomic E-state index is -0.527. The highest BCUT2D eigenvalue weighted by Crippen LogP contribution is 2.13. The van der Waals surface area contributed by atoms with Crippen LogP contribution in [-0.2, 0) is 0 Å². The van der Waals surface area contributed by atoms with Gasteiger partial charge in [0.2, 0.25) is 0 Å². The van der Waals surface area contributed by atoms with Crippen LogP contribution in [0.2, 0.25) is 0 Å². The highest BCUT2D eigenvalue weighted by Gasteiger charge is 2.11. The van der Waals surface area contributed by atoms with Crippen molar-refractivity contribution in [2.45, 2.75) is 26.2 Å². The van der Waals surface area contributed by atoms with E-state index in [9.17, 15) is 9.18 Å². The summed E-state index contributed by atoms with van der Waals surface area (Å²) in [5, 5.41) is 11.7. The molecule has 0 saturated carbocycles. The number of nitrogen functional groups attached to an aromatic ring is 1. The van der Waals surface area contributed by atoms with Gasteiger partial charge in [0, 0.05) is 18.7 Å². The first-order chi connectivity index (χ1) is 9.08. The van der Waals surface area contributed by atoms with E-state index in [0.717, 1.165) is 12.8 Å². The number of aliphatic hydroxyl groups is 1. The van der Waals surface area contributed by atoms with Gasteiger partial charge < -0.3 is 16.2 Å². The predicted molar refractivity (Wildman–Crippen MR) is 73.2 cm³/mol. The summed E-state index contributed by atoms with van der Waals surface area (Å²) in [6, 6.07) is 3.91. The van der Waals surface area contributed by atoms with E-state index in [1.165, 1.54) is 18.2 Å². The number of hydrogen-bond acceptors (Lipinski definition) is 3. The molecule has 1 aromatic carbocycles. The van der Waals surface area contributed by atoms with Gasteiger partial charge in [-0.1, -0.05) is 13.3 Å². The number of halogens is 1. The number of carbonyl (C=O) groups is 1. The molecule has 19 heavy (non-hydrogen) atoms. The number of amides is 1. The minimum Gasteiger partial charge on any atom is -0.396 e. The Bertz CT molecular complexity index is 418. The molecule has 1 rings (SSSR count). The van der Waals surface area contributed by atoms with Crippen LogP contribution >= 0.6 is 0 Å². The molecule has 0 fully saturated rings. The summed E-state index contributed by atoms with van der Waals surface area (Å²) < 4.78 is 13.0. The van der Waals surface area contributed by atoms with Gasteiger partial charge in [-0.25, -0.2) is 4.39 Å². The van der Waals surface area contributed by atoms with Crippen LogP contribution < -0.4 is 11.1 Å². The van der Waals surface area contributed by atoms with E-state index in [4.69, 9.17) is 10.8 Å². The first-order valence-corrected chi connectivity index (χ1v) is 6.52. The second kappa shape index (κ2) is 7.74. The van der Waals surface area contributed by atoms with Crippen LogP contribution in [0.25, 0.3) is 0 Å². The Kier molecular flexibility index (Phi) is 6.29. The molecule has 0 aliphatic rings. The molecule has 0 heterocycles. The zero-order valence-electron chi connectivity index (χ0n) is 11.2.